The number of para-hydroxylation sites is 1. The van der Waals surface area contributed by atoms with E-state index in [4.69, 9.17) is 14.7 Å². The number of fused-ring (bicyclic) bond motifs is 1. The van der Waals surface area contributed by atoms with Crippen molar-refractivity contribution in [3.63, 3.8) is 0 Å². The molecule has 1 N–H and O–H groups in total. The molecule has 0 radical (unpaired) electrons. The molecule has 2 heterocycles. The Hall–Kier alpha value is -2.57. The molecule has 0 atom stereocenters. The molecular formula is C18H25N5O2. The minimum absolute atomic E-state index is 0.244. The predicted molar refractivity (Wildman–Crippen MR) is 99.1 cm³/mol. The van der Waals surface area contributed by atoms with E-state index in [0.717, 1.165) is 29.7 Å². The van der Waals surface area contributed by atoms with Crippen molar-refractivity contribution >= 4 is 28.8 Å². The summed E-state index contributed by atoms with van der Waals surface area (Å²) >= 11 is 0. The van der Waals surface area contributed by atoms with Gasteiger partial charge < -0.3 is 19.9 Å². The number of carbonyl (C=O) groups excluding carboxylic acids is 1. The Morgan fingerprint density at radius 3 is 2.64 bits per heavy atom. The number of nitrogens with one attached hydrogen (secondary N) is 1. The van der Waals surface area contributed by atoms with E-state index in [1.807, 2.05) is 31.2 Å². The fourth-order valence-electron chi connectivity index (χ4n) is 2.89. The first kappa shape index (κ1) is 17.3. The van der Waals surface area contributed by atoms with Gasteiger partial charge in [0.2, 0.25) is 5.95 Å². The van der Waals surface area contributed by atoms with Crippen LogP contribution in [-0.4, -0.2) is 60.3 Å². The van der Waals surface area contributed by atoms with Crippen molar-refractivity contribution in [3.8, 4) is 0 Å². The third kappa shape index (κ3) is 3.92. The molecule has 1 aromatic carbocycles. The lowest BCUT2D eigenvalue weighted by Gasteiger charge is -2.34. The lowest BCUT2D eigenvalue weighted by molar-refractivity contribution is 0.105. The van der Waals surface area contributed by atoms with Gasteiger partial charge in [-0.2, -0.15) is 4.98 Å². The second kappa shape index (κ2) is 8.00. The second-order valence-corrected chi connectivity index (χ2v) is 5.99. The molecule has 1 saturated heterocycles. The minimum Gasteiger partial charge on any atom is -0.450 e. The quantitative estimate of drug-likeness (QED) is 0.900. The normalized spacial score (nSPS) is 14.6. The number of benzene rings is 1. The number of nitrogens with zero attached hydrogens (tertiary/aromatic N) is 4. The van der Waals surface area contributed by atoms with Crippen molar-refractivity contribution in [1.29, 1.82) is 0 Å². The summed E-state index contributed by atoms with van der Waals surface area (Å²) in [4.78, 5) is 25.1. The molecule has 1 fully saturated rings. The Kier molecular flexibility index (Phi) is 5.53. The summed E-state index contributed by atoms with van der Waals surface area (Å²) in [6, 6.07) is 8.03. The number of piperazine rings is 1. The topological polar surface area (TPSA) is 70.6 Å². The van der Waals surface area contributed by atoms with E-state index in [2.05, 4.69) is 17.1 Å². The maximum Gasteiger partial charge on any atom is 0.409 e. The number of hydrogen-bond donors (Lipinski definition) is 1. The minimum atomic E-state index is -0.244. The zero-order chi connectivity index (χ0) is 17.6. The molecule has 1 aromatic heterocycles. The van der Waals surface area contributed by atoms with Crippen LogP contribution in [0.15, 0.2) is 24.3 Å². The molecule has 0 aliphatic carbocycles. The number of ether oxygens (including phenoxy) is 1. The molecule has 7 nitrogen and oxygen atoms in total. The maximum absolute atomic E-state index is 11.8. The molecule has 1 amide bonds. The second-order valence-electron chi connectivity index (χ2n) is 5.99. The van der Waals surface area contributed by atoms with Crippen LogP contribution in [-0.2, 0) is 4.74 Å². The lowest BCUT2D eigenvalue weighted by atomic mass is 10.2. The van der Waals surface area contributed by atoms with Crippen molar-refractivity contribution in [3.05, 3.63) is 24.3 Å². The highest BCUT2D eigenvalue weighted by atomic mass is 16.6. The molecule has 134 valence electrons. The van der Waals surface area contributed by atoms with Crippen LogP contribution >= 0.6 is 0 Å². The van der Waals surface area contributed by atoms with Crippen molar-refractivity contribution in [2.75, 3.05) is 49.5 Å². The molecule has 0 spiro atoms. The van der Waals surface area contributed by atoms with Crippen molar-refractivity contribution in [1.82, 2.24) is 14.9 Å². The molecule has 1 aliphatic heterocycles. The van der Waals surface area contributed by atoms with Crippen LogP contribution < -0.4 is 10.2 Å². The molecule has 1 aliphatic rings. The highest BCUT2D eigenvalue weighted by Gasteiger charge is 2.24. The van der Waals surface area contributed by atoms with E-state index < -0.39 is 0 Å². The number of carbonyl (C=O) groups is 1. The first-order valence-electron chi connectivity index (χ1n) is 8.90. The first-order valence-corrected chi connectivity index (χ1v) is 8.90. The van der Waals surface area contributed by atoms with Gasteiger partial charge in [-0.15, -0.1) is 0 Å². The molecule has 25 heavy (non-hydrogen) atoms. The third-order valence-electron chi connectivity index (χ3n) is 4.22. The van der Waals surface area contributed by atoms with Crippen LogP contribution in [0, 0.1) is 0 Å². The monoisotopic (exact) mass is 343 g/mol. The fourth-order valence-corrected chi connectivity index (χ4v) is 2.89. The maximum atomic E-state index is 11.8. The molecule has 7 heteroatoms. The van der Waals surface area contributed by atoms with E-state index in [1.165, 1.54) is 0 Å². The Bertz CT molecular complexity index is 728. The van der Waals surface area contributed by atoms with E-state index in [0.29, 0.717) is 38.7 Å². The average Bonchev–Trinajstić information content (AvgIpc) is 2.66. The number of rotatable bonds is 5. The molecular weight excluding hydrogens is 318 g/mol. The molecule has 3 rings (SSSR count). The Morgan fingerprint density at radius 2 is 1.92 bits per heavy atom. The van der Waals surface area contributed by atoms with Crippen LogP contribution in [0.1, 0.15) is 20.3 Å². The van der Waals surface area contributed by atoms with Crippen LogP contribution in [0.5, 0.6) is 0 Å². The largest absolute Gasteiger partial charge is 0.450 e. The lowest BCUT2D eigenvalue weighted by Crippen LogP contribution is -2.49. The van der Waals surface area contributed by atoms with E-state index >= 15 is 0 Å². The van der Waals surface area contributed by atoms with Gasteiger partial charge in [-0.05, 0) is 25.5 Å². The van der Waals surface area contributed by atoms with Gasteiger partial charge in [0.05, 0.1) is 12.1 Å². The number of anilines is 2. The van der Waals surface area contributed by atoms with Gasteiger partial charge in [-0.25, -0.2) is 9.78 Å². The van der Waals surface area contributed by atoms with Gasteiger partial charge >= 0.3 is 6.09 Å². The van der Waals surface area contributed by atoms with Gasteiger partial charge in [-0.3, -0.25) is 0 Å². The SMILES string of the molecule is CCCNc1nc(N2CCN(C(=O)OCC)CC2)nc2ccccc12. The van der Waals surface area contributed by atoms with Crippen molar-refractivity contribution in [2.24, 2.45) is 0 Å². The Balaban J connectivity index is 1.78. The summed E-state index contributed by atoms with van der Waals surface area (Å²) in [5.74, 6) is 1.58. The van der Waals surface area contributed by atoms with Crippen LogP contribution in [0.2, 0.25) is 0 Å². The zero-order valence-electron chi connectivity index (χ0n) is 14.9. The Labute approximate surface area is 148 Å². The molecule has 0 bridgehead atoms. The standard InChI is InChI=1S/C18H25N5O2/c1-3-9-19-16-14-7-5-6-8-15(14)20-17(21-16)22-10-12-23(13-11-22)18(24)25-4-2/h5-8H,3-4,9-13H2,1-2H3,(H,19,20,21). The van der Waals surface area contributed by atoms with E-state index in [-0.39, 0.29) is 6.09 Å². The fraction of sp³-hybridized carbons (Fsp3) is 0.500. The average molecular weight is 343 g/mol. The molecule has 0 unspecified atom stereocenters. The zero-order valence-corrected chi connectivity index (χ0v) is 14.9. The summed E-state index contributed by atoms with van der Waals surface area (Å²) in [6.45, 7) is 7.86. The Morgan fingerprint density at radius 1 is 1.16 bits per heavy atom. The molecule has 0 saturated carbocycles. The first-order chi connectivity index (χ1) is 12.2. The van der Waals surface area contributed by atoms with Gasteiger partial charge in [0.1, 0.15) is 5.82 Å². The van der Waals surface area contributed by atoms with E-state index in [1.54, 1.807) is 4.90 Å². The number of aromatic nitrogens is 2. The molecule has 2 aromatic rings. The summed E-state index contributed by atoms with van der Waals surface area (Å²) < 4.78 is 5.07. The summed E-state index contributed by atoms with van der Waals surface area (Å²) in [7, 11) is 0. The van der Waals surface area contributed by atoms with Crippen LogP contribution in [0.25, 0.3) is 10.9 Å². The van der Waals surface area contributed by atoms with Crippen molar-refractivity contribution in [2.45, 2.75) is 20.3 Å². The van der Waals surface area contributed by atoms with Crippen LogP contribution in [0.4, 0.5) is 16.6 Å². The van der Waals surface area contributed by atoms with Crippen molar-refractivity contribution < 1.29 is 9.53 Å². The smallest absolute Gasteiger partial charge is 0.409 e. The summed E-state index contributed by atoms with van der Waals surface area (Å²) in [6.07, 6.45) is 0.790. The highest BCUT2D eigenvalue weighted by molar-refractivity contribution is 5.90. The predicted octanol–water partition coefficient (Wildman–Crippen LogP) is 2.73. The number of amides is 1. The van der Waals surface area contributed by atoms with Gasteiger partial charge in [0, 0.05) is 38.1 Å². The summed E-state index contributed by atoms with van der Waals surface area (Å²) in [5, 5.41) is 4.43. The van der Waals surface area contributed by atoms with Gasteiger partial charge in [-0.1, -0.05) is 19.1 Å². The van der Waals surface area contributed by atoms with E-state index in [9.17, 15) is 4.79 Å². The summed E-state index contributed by atoms with van der Waals surface area (Å²) in [5.41, 5.74) is 0.930. The number of hydrogen-bond acceptors (Lipinski definition) is 6. The third-order valence-corrected chi connectivity index (χ3v) is 4.22. The van der Waals surface area contributed by atoms with Gasteiger partial charge in [0.15, 0.2) is 0 Å². The van der Waals surface area contributed by atoms with Crippen LogP contribution in [0.3, 0.4) is 0 Å². The van der Waals surface area contributed by atoms with Gasteiger partial charge in [0.25, 0.3) is 0 Å². The highest BCUT2D eigenvalue weighted by Crippen LogP contribution is 2.24.